The largest absolute Gasteiger partial charge is 0.497 e. The second-order valence-corrected chi connectivity index (χ2v) is 5.81. The van der Waals surface area contributed by atoms with Crippen molar-refractivity contribution in [3.8, 4) is 17.2 Å². The standard InChI is InChI=1S/C20H23N3O5/c1-13(11-19(24)21-14-5-7-15(26-2)8-6-14)22-23-20(25)17-10-9-16(27-3)12-18(17)28-4/h5-10,12H,11H2,1-4H3,(H,21,24)(H,23,25)/b22-13-. The first-order valence-electron chi connectivity index (χ1n) is 8.46. The Kier molecular flexibility index (Phi) is 7.38. The van der Waals surface area contributed by atoms with Crippen LogP contribution in [0.1, 0.15) is 23.7 Å². The zero-order chi connectivity index (χ0) is 20.5. The van der Waals surface area contributed by atoms with E-state index in [1.54, 1.807) is 56.5 Å². The van der Waals surface area contributed by atoms with Gasteiger partial charge in [-0.15, -0.1) is 0 Å². The number of rotatable bonds is 8. The molecule has 2 aromatic carbocycles. The lowest BCUT2D eigenvalue weighted by molar-refractivity contribution is -0.115. The summed E-state index contributed by atoms with van der Waals surface area (Å²) in [6.45, 7) is 1.65. The first-order chi connectivity index (χ1) is 13.5. The molecule has 2 N–H and O–H groups in total. The molecule has 0 aliphatic carbocycles. The first-order valence-corrected chi connectivity index (χ1v) is 8.46. The van der Waals surface area contributed by atoms with E-state index in [0.29, 0.717) is 34.2 Å². The lowest BCUT2D eigenvalue weighted by Gasteiger charge is -2.09. The molecule has 0 radical (unpaired) electrons. The molecule has 0 bridgehead atoms. The number of methoxy groups -OCH3 is 3. The van der Waals surface area contributed by atoms with Gasteiger partial charge in [-0.05, 0) is 43.3 Å². The van der Waals surface area contributed by atoms with Crippen molar-refractivity contribution in [1.29, 1.82) is 0 Å². The van der Waals surface area contributed by atoms with Gasteiger partial charge in [0, 0.05) is 17.5 Å². The molecular formula is C20H23N3O5. The maximum atomic E-state index is 12.3. The number of carbonyl (C=O) groups is 2. The molecule has 28 heavy (non-hydrogen) atoms. The van der Waals surface area contributed by atoms with Gasteiger partial charge in [-0.2, -0.15) is 5.10 Å². The number of anilines is 1. The molecule has 0 saturated carbocycles. The third kappa shape index (κ3) is 5.73. The summed E-state index contributed by atoms with van der Waals surface area (Å²) >= 11 is 0. The van der Waals surface area contributed by atoms with Gasteiger partial charge in [0.05, 0.1) is 33.3 Å². The van der Waals surface area contributed by atoms with Crippen molar-refractivity contribution in [1.82, 2.24) is 5.43 Å². The number of hydrogen-bond donors (Lipinski definition) is 2. The fraction of sp³-hybridized carbons (Fsp3) is 0.250. The lowest BCUT2D eigenvalue weighted by Crippen LogP contribution is -2.22. The van der Waals surface area contributed by atoms with Gasteiger partial charge in [0.1, 0.15) is 17.2 Å². The van der Waals surface area contributed by atoms with Crippen LogP contribution in [0, 0.1) is 0 Å². The third-order valence-electron chi connectivity index (χ3n) is 3.79. The summed E-state index contributed by atoms with van der Waals surface area (Å²) in [5.41, 5.74) is 3.83. The molecule has 0 unspecified atom stereocenters. The SMILES string of the molecule is COc1ccc(NC(=O)C/C(C)=N\NC(=O)c2ccc(OC)cc2OC)cc1. The third-order valence-corrected chi connectivity index (χ3v) is 3.79. The number of hydrazone groups is 1. The van der Waals surface area contributed by atoms with Gasteiger partial charge in [0.25, 0.3) is 5.91 Å². The van der Waals surface area contributed by atoms with Crippen LogP contribution in [-0.2, 0) is 4.79 Å². The van der Waals surface area contributed by atoms with Crippen LogP contribution in [0.15, 0.2) is 47.6 Å². The molecule has 2 amide bonds. The smallest absolute Gasteiger partial charge is 0.275 e. The fourth-order valence-electron chi connectivity index (χ4n) is 2.34. The van der Waals surface area contributed by atoms with Crippen molar-refractivity contribution >= 4 is 23.2 Å². The van der Waals surface area contributed by atoms with Crippen molar-refractivity contribution in [3.05, 3.63) is 48.0 Å². The summed E-state index contributed by atoms with van der Waals surface area (Å²) in [4.78, 5) is 24.4. The number of hydrogen-bond acceptors (Lipinski definition) is 6. The highest BCUT2D eigenvalue weighted by Gasteiger charge is 2.13. The highest BCUT2D eigenvalue weighted by molar-refractivity contribution is 6.06. The Morgan fingerprint density at radius 3 is 2.18 bits per heavy atom. The number of nitrogens with zero attached hydrogens (tertiary/aromatic N) is 1. The molecule has 2 aromatic rings. The number of amides is 2. The van der Waals surface area contributed by atoms with Crippen molar-refractivity contribution in [2.24, 2.45) is 5.10 Å². The first kappa shape index (κ1) is 20.8. The van der Waals surface area contributed by atoms with E-state index in [1.807, 2.05) is 0 Å². The summed E-state index contributed by atoms with van der Waals surface area (Å²) in [6, 6.07) is 11.8. The van der Waals surface area contributed by atoms with Crippen molar-refractivity contribution < 1.29 is 23.8 Å². The zero-order valence-corrected chi connectivity index (χ0v) is 16.2. The molecule has 2 rings (SSSR count). The molecule has 0 aliphatic heterocycles. The topological polar surface area (TPSA) is 98.2 Å². The van der Waals surface area contributed by atoms with Gasteiger partial charge >= 0.3 is 0 Å². The van der Waals surface area contributed by atoms with Gasteiger partial charge < -0.3 is 19.5 Å². The predicted octanol–water partition coefficient (Wildman–Crippen LogP) is 2.85. The highest BCUT2D eigenvalue weighted by Crippen LogP contribution is 2.24. The Morgan fingerprint density at radius 2 is 1.57 bits per heavy atom. The molecular weight excluding hydrogens is 362 g/mol. The van der Waals surface area contributed by atoms with E-state index in [2.05, 4.69) is 15.8 Å². The van der Waals surface area contributed by atoms with E-state index >= 15 is 0 Å². The average Bonchev–Trinajstić information content (AvgIpc) is 2.71. The molecule has 8 heteroatoms. The molecule has 8 nitrogen and oxygen atoms in total. The summed E-state index contributed by atoms with van der Waals surface area (Å²) in [5.74, 6) is 0.940. The van der Waals surface area contributed by atoms with Crippen LogP contribution >= 0.6 is 0 Å². The number of carbonyl (C=O) groups excluding carboxylic acids is 2. The molecule has 0 fully saturated rings. The van der Waals surface area contributed by atoms with E-state index < -0.39 is 5.91 Å². The highest BCUT2D eigenvalue weighted by atomic mass is 16.5. The molecule has 0 heterocycles. The summed E-state index contributed by atoms with van der Waals surface area (Å²) in [5, 5.41) is 6.73. The Morgan fingerprint density at radius 1 is 0.929 bits per heavy atom. The molecule has 0 atom stereocenters. The molecule has 0 aromatic heterocycles. The van der Waals surface area contributed by atoms with Crippen molar-refractivity contribution in [3.63, 3.8) is 0 Å². The summed E-state index contributed by atoms with van der Waals surface area (Å²) in [7, 11) is 4.56. The minimum absolute atomic E-state index is 0.0338. The monoisotopic (exact) mass is 385 g/mol. The van der Waals surface area contributed by atoms with Crippen LogP contribution in [0.4, 0.5) is 5.69 Å². The second kappa shape index (κ2) is 9.96. The van der Waals surface area contributed by atoms with Crippen molar-refractivity contribution in [2.75, 3.05) is 26.6 Å². The van der Waals surface area contributed by atoms with E-state index in [4.69, 9.17) is 14.2 Å². The Labute approximate surface area is 163 Å². The number of benzene rings is 2. The fourth-order valence-corrected chi connectivity index (χ4v) is 2.34. The summed E-state index contributed by atoms with van der Waals surface area (Å²) < 4.78 is 15.4. The van der Waals surface area contributed by atoms with Crippen molar-refractivity contribution in [2.45, 2.75) is 13.3 Å². The maximum Gasteiger partial charge on any atom is 0.275 e. The molecule has 0 spiro atoms. The molecule has 0 saturated heterocycles. The minimum atomic E-state index is -0.450. The van der Waals surface area contributed by atoms with Crippen LogP contribution in [0.25, 0.3) is 0 Å². The van der Waals surface area contributed by atoms with Gasteiger partial charge in [-0.1, -0.05) is 0 Å². The van der Waals surface area contributed by atoms with E-state index in [0.717, 1.165) is 0 Å². The Bertz CT molecular complexity index is 863. The quantitative estimate of drug-likeness (QED) is 0.538. The van der Waals surface area contributed by atoms with Gasteiger partial charge in [0.2, 0.25) is 5.91 Å². The van der Waals surface area contributed by atoms with Gasteiger partial charge in [-0.25, -0.2) is 5.43 Å². The van der Waals surface area contributed by atoms with E-state index in [1.165, 1.54) is 14.2 Å². The maximum absolute atomic E-state index is 12.3. The van der Waals surface area contributed by atoms with Gasteiger partial charge in [-0.3, -0.25) is 9.59 Å². The normalized spacial score (nSPS) is 10.8. The van der Waals surface area contributed by atoms with Crippen LogP contribution in [0.3, 0.4) is 0 Å². The van der Waals surface area contributed by atoms with E-state index in [9.17, 15) is 9.59 Å². The van der Waals surface area contributed by atoms with Gasteiger partial charge in [0.15, 0.2) is 0 Å². The minimum Gasteiger partial charge on any atom is -0.497 e. The Balaban J connectivity index is 1.94. The second-order valence-electron chi connectivity index (χ2n) is 5.81. The van der Waals surface area contributed by atoms with Crippen LogP contribution in [0.2, 0.25) is 0 Å². The summed E-state index contributed by atoms with van der Waals surface area (Å²) in [6.07, 6.45) is 0.0338. The molecule has 148 valence electrons. The van der Waals surface area contributed by atoms with Crippen LogP contribution < -0.4 is 25.0 Å². The lowest BCUT2D eigenvalue weighted by atomic mass is 10.2. The van der Waals surface area contributed by atoms with E-state index in [-0.39, 0.29) is 12.3 Å². The van der Waals surface area contributed by atoms with Crippen LogP contribution in [0.5, 0.6) is 17.2 Å². The molecule has 0 aliphatic rings. The zero-order valence-electron chi connectivity index (χ0n) is 16.2. The van der Waals surface area contributed by atoms with Crippen LogP contribution in [-0.4, -0.2) is 38.9 Å². The number of ether oxygens (including phenoxy) is 3. The average molecular weight is 385 g/mol. The predicted molar refractivity (Wildman–Crippen MR) is 106 cm³/mol. The Hall–Kier alpha value is -3.55. The number of nitrogens with one attached hydrogen (secondary N) is 2.